The first kappa shape index (κ1) is 26.4. The van der Waals surface area contributed by atoms with E-state index < -0.39 is 0 Å². The SMILES string of the molecule is Cc1ccc(N(c2ccc(C)cc2)c2ccc3c(c2)Oc2cccc4c2B3c2cc(C)ccc2N4c2ccc(C)cc2)cc1. The Morgan fingerprint density at radius 2 is 1.09 bits per heavy atom. The van der Waals surface area contributed by atoms with Crippen LogP contribution in [0, 0.1) is 27.7 Å². The number of fused-ring (bicyclic) bond motifs is 4. The smallest absolute Gasteiger partial charge is 0.256 e. The summed E-state index contributed by atoms with van der Waals surface area (Å²) in [5.74, 6) is 1.82. The van der Waals surface area contributed by atoms with E-state index in [0.717, 1.165) is 34.2 Å². The molecule has 212 valence electrons. The van der Waals surface area contributed by atoms with Gasteiger partial charge in [0, 0.05) is 40.2 Å². The maximum atomic E-state index is 6.82. The van der Waals surface area contributed by atoms with Gasteiger partial charge in [0.2, 0.25) is 0 Å². The Morgan fingerprint density at radius 1 is 0.500 bits per heavy atom. The first-order chi connectivity index (χ1) is 21.4. The van der Waals surface area contributed by atoms with Crippen molar-refractivity contribution in [2.75, 3.05) is 9.80 Å². The number of benzene rings is 6. The van der Waals surface area contributed by atoms with Crippen molar-refractivity contribution < 1.29 is 4.74 Å². The van der Waals surface area contributed by atoms with Crippen LogP contribution in [-0.4, -0.2) is 6.71 Å². The molecule has 0 spiro atoms. The minimum atomic E-state index is 0.0720. The van der Waals surface area contributed by atoms with Gasteiger partial charge in [-0.05, 0) is 105 Å². The van der Waals surface area contributed by atoms with E-state index in [9.17, 15) is 0 Å². The van der Waals surface area contributed by atoms with Crippen LogP contribution < -0.4 is 30.9 Å². The number of ether oxygens (including phenoxy) is 1. The molecular weight excluding hydrogens is 535 g/mol. The van der Waals surface area contributed by atoms with E-state index in [1.807, 2.05) is 0 Å². The van der Waals surface area contributed by atoms with Gasteiger partial charge in [0.1, 0.15) is 11.5 Å². The third-order valence-corrected chi connectivity index (χ3v) is 8.97. The molecule has 3 nitrogen and oxygen atoms in total. The molecule has 0 radical (unpaired) electrons. The third-order valence-electron chi connectivity index (χ3n) is 8.97. The molecule has 4 heteroatoms. The van der Waals surface area contributed by atoms with E-state index in [1.54, 1.807) is 0 Å². The summed E-state index contributed by atoms with van der Waals surface area (Å²) >= 11 is 0. The molecule has 0 bridgehead atoms. The minimum Gasteiger partial charge on any atom is -0.458 e. The van der Waals surface area contributed by atoms with Crippen LogP contribution >= 0.6 is 0 Å². The Labute approximate surface area is 260 Å². The van der Waals surface area contributed by atoms with Gasteiger partial charge in [-0.25, -0.2) is 0 Å². The van der Waals surface area contributed by atoms with Crippen LogP contribution in [0.5, 0.6) is 11.5 Å². The quantitative estimate of drug-likeness (QED) is 0.197. The number of hydrogen-bond donors (Lipinski definition) is 0. The summed E-state index contributed by atoms with van der Waals surface area (Å²) in [7, 11) is 0. The van der Waals surface area contributed by atoms with Crippen LogP contribution in [0.25, 0.3) is 0 Å². The zero-order valence-corrected chi connectivity index (χ0v) is 25.5. The lowest BCUT2D eigenvalue weighted by Crippen LogP contribution is -2.59. The molecule has 0 aromatic heterocycles. The Kier molecular flexibility index (Phi) is 6.13. The number of rotatable bonds is 4. The molecule has 0 atom stereocenters. The Hall–Kier alpha value is -5.22. The maximum absolute atomic E-state index is 6.82. The first-order valence-corrected chi connectivity index (χ1v) is 15.3. The molecule has 0 N–H and O–H groups in total. The van der Waals surface area contributed by atoms with Gasteiger partial charge in [-0.1, -0.05) is 82.9 Å². The summed E-state index contributed by atoms with van der Waals surface area (Å²) < 4.78 is 6.82. The maximum Gasteiger partial charge on any atom is 0.256 e. The van der Waals surface area contributed by atoms with Crippen molar-refractivity contribution in [2.24, 2.45) is 0 Å². The fourth-order valence-electron chi connectivity index (χ4n) is 6.74. The highest BCUT2D eigenvalue weighted by atomic mass is 16.5. The van der Waals surface area contributed by atoms with E-state index >= 15 is 0 Å². The van der Waals surface area contributed by atoms with Crippen LogP contribution in [0.3, 0.4) is 0 Å². The molecule has 0 aliphatic carbocycles. The first-order valence-electron chi connectivity index (χ1n) is 15.3. The number of nitrogens with zero attached hydrogens (tertiary/aromatic N) is 2. The summed E-state index contributed by atoms with van der Waals surface area (Å²) in [6, 6.07) is 46.3. The highest BCUT2D eigenvalue weighted by Gasteiger charge is 2.41. The lowest BCUT2D eigenvalue weighted by Gasteiger charge is -2.40. The molecule has 2 heterocycles. The predicted molar refractivity (Wildman–Crippen MR) is 186 cm³/mol. The molecule has 2 aliphatic heterocycles. The average molecular weight is 569 g/mol. The Morgan fingerprint density at radius 3 is 1.75 bits per heavy atom. The Balaban J connectivity index is 1.30. The second-order valence-electron chi connectivity index (χ2n) is 12.2. The molecule has 0 fully saturated rings. The molecule has 8 rings (SSSR count). The monoisotopic (exact) mass is 568 g/mol. The molecule has 6 aromatic carbocycles. The van der Waals surface area contributed by atoms with Crippen LogP contribution in [0.4, 0.5) is 34.1 Å². The second-order valence-corrected chi connectivity index (χ2v) is 12.2. The molecule has 0 saturated carbocycles. The number of aryl methyl sites for hydroxylation is 4. The van der Waals surface area contributed by atoms with Crippen LogP contribution in [0.1, 0.15) is 22.3 Å². The normalized spacial score (nSPS) is 12.6. The van der Waals surface area contributed by atoms with E-state index in [0.29, 0.717) is 0 Å². The highest BCUT2D eigenvalue weighted by Crippen LogP contribution is 2.42. The standard InChI is InChI=1S/C40H33BN2O/c1-26-8-15-30(16-9-26)42(31-17-10-27(2)11-18-31)33-21-22-34-39(25-33)44-38-7-5-6-37-40(38)41(34)35-24-29(4)14-23-36(35)43(37)32-19-12-28(3)13-20-32/h5-25H,1-4H3. The lowest BCUT2D eigenvalue weighted by atomic mass is 9.34. The highest BCUT2D eigenvalue weighted by molar-refractivity contribution is 6.99. The summed E-state index contributed by atoms with van der Waals surface area (Å²) in [6.07, 6.45) is 0. The second kappa shape index (κ2) is 10.2. The van der Waals surface area contributed by atoms with Crippen molar-refractivity contribution in [2.45, 2.75) is 27.7 Å². The fourth-order valence-corrected chi connectivity index (χ4v) is 6.74. The summed E-state index contributed by atoms with van der Waals surface area (Å²) in [4.78, 5) is 4.70. The number of hydrogen-bond acceptors (Lipinski definition) is 3. The van der Waals surface area contributed by atoms with Gasteiger partial charge in [-0.3, -0.25) is 0 Å². The van der Waals surface area contributed by atoms with E-state index in [2.05, 4.69) is 165 Å². The van der Waals surface area contributed by atoms with Crippen molar-refractivity contribution in [3.8, 4) is 11.5 Å². The molecule has 2 aliphatic rings. The van der Waals surface area contributed by atoms with Crippen molar-refractivity contribution in [1.29, 1.82) is 0 Å². The third kappa shape index (κ3) is 4.29. The van der Waals surface area contributed by atoms with Gasteiger partial charge in [-0.2, -0.15) is 0 Å². The molecule has 6 aromatic rings. The average Bonchev–Trinajstić information content (AvgIpc) is 3.03. The van der Waals surface area contributed by atoms with Crippen LogP contribution in [0.15, 0.2) is 127 Å². The zero-order chi connectivity index (χ0) is 29.9. The zero-order valence-electron chi connectivity index (χ0n) is 25.5. The summed E-state index contributed by atoms with van der Waals surface area (Å²) in [5.41, 5.74) is 15.5. The fraction of sp³-hybridized carbons (Fsp3) is 0.100. The van der Waals surface area contributed by atoms with Gasteiger partial charge in [0.15, 0.2) is 0 Å². The predicted octanol–water partition coefficient (Wildman–Crippen LogP) is 8.80. The number of anilines is 6. The van der Waals surface area contributed by atoms with Gasteiger partial charge in [0.05, 0.1) is 0 Å². The van der Waals surface area contributed by atoms with Crippen molar-refractivity contribution in [1.82, 2.24) is 0 Å². The Bertz CT molecular complexity index is 1990. The van der Waals surface area contributed by atoms with Crippen LogP contribution in [0.2, 0.25) is 0 Å². The molecule has 44 heavy (non-hydrogen) atoms. The molecule has 0 saturated heterocycles. The lowest BCUT2D eigenvalue weighted by molar-refractivity contribution is 0.487. The molecule has 0 unspecified atom stereocenters. The van der Waals surface area contributed by atoms with Gasteiger partial charge < -0.3 is 14.5 Å². The van der Waals surface area contributed by atoms with Crippen molar-refractivity contribution >= 4 is 57.2 Å². The van der Waals surface area contributed by atoms with Gasteiger partial charge >= 0.3 is 0 Å². The van der Waals surface area contributed by atoms with Crippen molar-refractivity contribution in [3.05, 3.63) is 150 Å². The van der Waals surface area contributed by atoms with E-state index in [-0.39, 0.29) is 6.71 Å². The summed E-state index contributed by atoms with van der Waals surface area (Å²) in [5, 5.41) is 0. The minimum absolute atomic E-state index is 0.0720. The van der Waals surface area contributed by atoms with Gasteiger partial charge in [0.25, 0.3) is 6.71 Å². The van der Waals surface area contributed by atoms with Gasteiger partial charge in [-0.15, -0.1) is 0 Å². The molecular formula is C40H33BN2O. The summed E-state index contributed by atoms with van der Waals surface area (Å²) in [6.45, 7) is 8.64. The molecule has 0 amide bonds. The van der Waals surface area contributed by atoms with E-state index in [1.165, 1.54) is 50.0 Å². The van der Waals surface area contributed by atoms with Crippen molar-refractivity contribution in [3.63, 3.8) is 0 Å². The topological polar surface area (TPSA) is 15.7 Å². The largest absolute Gasteiger partial charge is 0.458 e. The van der Waals surface area contributed by atoms with E-state index in [4.69, 9.17) is 4.74 Å². The van der Waals surface area contributed by atoms with Crippen LogP contribution in [-0.2, 0) is 0 Å².